The summed E-state index contributed by atoms with van der Waals surface area (Å²) in [6.45, 7) is 7.13. The first-order chi connectivity index (χ1) is 6.54. The van der Waals surface area contributed by atoms with Crippen molar-refractivity contribution in [1.29, 1.82) is 0 Å². The van der Waals surface area contributed by atoms with Crippen molar-refractivity contribution >= 4 is 0 Å². The van der Waals surface area contributed by atoms with E-state index in [4.69, 9.17) is 0 Å². The van der Waals surface area contributed by atoms with Crippen molar-refractivity contribution in [3.8, 4) is 0 Å². The van der Waals surface area contributed by atoms with Gasteiger partial charge in [0.2, 0.25) is 0 Å². The molecule has 1 saturated carbocycles. The van der Waals surface area contributed by atoms with Gasteiger partial charge in [-0.1, -0.05) is 32.4 Å². The van der Waals surface area contributed by atoms with E-state index >= 15 is 0 Å². The summed E-state index contributed by atoms with van der Waals surface area (Å²) in [6.07, 6.45) is 6.62. The van der Waals surface area contributed by atoms with E-state index < -0.39 is 0 Å². The van der Waals surface area contributed by atoms with Crippen molar-refractivity contribution in [3.05, 3.63) is 11.6 Å². The molecule has 0 aliphatic heterocycles. The smallest absolute Gasteiger partial charge is 0.0577 e. The van der Waals surface area contributed by atoms with Gasteiger partial charge < -0.3 is 5.11 Å². The summed E-state index contributed by atoms with van der Waals surface area (Å²) in [7, 11) is 0. The van der Waals surface area contributed by atoms with Crippen LogP contribution < -0.4 is 0 Å². The number of hydrogen-bond donors (Lipinski definition) is 1. The largest absolute Gasteiger partial charge is 0.393 e. The second-order valence-electron chi connectivity index (χ2n) is 5.55. The SMILES string of the molecule is C[C@@H]1CC=C2C[C@@H](O)CC[C@]2(C)[C@@H]1C. The molecule has 0 spiro atoms. The number of rotatable bonds is 0. The molecule has 0 aromatic heterocycles. The molecule has 0 aromatic rings. The summed E-state index contributed by atoms with van der Waals surface area (Å²) in [4.78, 5) is 0. The molecule has 0 heterocycles. The molecule has 80 valence electrons. The van der Waals surface area contributed by atoms with Crippen LogP contribution in [0.25, 0.3) is 0 Å². The van der Waals surface area contributed by atoms with Crippen LogP contribution in [-0.4, -0.2) is 11.2 Å². The van der Waals surface area contributed by atoms with Crippen LogP contribution in [0.1, 0.15) is 46.5 Å². The van der Waals surface area contributed by atoms with Crippen LogP contribution in [0.3, 0.4) is 0 Å². The van der Waals surface area contributed by atoms with E-state index in [9.17, 15) is 5.11 Å². The Kier molecular flexibility index (Phi) is 2.46. The monoisotopic (exact) mass is 194 g/mol. The van der Waals surface area contributed by atoms with Gasteiger partial charge in [0.05, 0.1) is 6.10 Å². The van der Waals surface area contributed by atoms with Gasteiger partial charge in [0.25, 0.3) is 0 Å². The second kappa shape index (κ2) is 3.37. The highest BCUT2D eigenvalue weighted by atomic mass is 16.3. The molecule has 0 saturated heterocycles. The van der Waals surface area contributed by atoms with Crippen molar-refractivity contribution < 1.29 is 5.11 Å². The Morgan fingerprint density at radius 2 is 2.14 bits per heavy atom. The molecular weight excluding hydrogens is 172 g/mol. The zero-order valence-electron chi connectivity index (χ0n) is 9.59. The minimum absolute atomic E-state index is 0.0741. The molecule has 2 rings (SSSR count). The second-order valence-corrected chi connectivity index (χ2v) is 5.55. The van der Waals surface area contributed by atoms with Gasteiger partial charge in [0, 0.05) is 0 Å². The lowest BCUT2D eigenvalue weighted by molar-refractivity contribution is 0.0631. The van der Waals surface area contributed by atoms with Crippen LogP contribution in [0.15, 0.2) is 11.6 Å². The zero-order chi connectivity index (χ0) is 10.3. The van der Waals surface area contributed by atoms with Crippen LogP contribution in [-0.2, 0) is 0 Å². The van der Waals surface area contributed by atoms with E-state index in [1.807, 2.05) is 0 Å². The van der Waals surface area contributed by atoms with Crippen molar-refractivity contribution in [3.63, 3.8) is 0 Å². The van der Waals surface area contributed by atoms with Crippen molar-refractivity contribution in [2.45, 2.75) is 52.6 Å². The van der Waals surface area contributed by atoms with Gasteiger partial charge in [-0.15, -0.1) is 0 Å². The lowest BCUT2D eigenvalue weighted by atomic mass is 9.58. The first kappa shape index (κ1) is 10.2. The molecule has 0 amide bonds. The maximum Gasteiger partial charge on any atom is 0.0577 e. The predicted octanol–water partition coefficient (Wildman–Crippen LogP) is 3.14. The fraction of sp³-hybridized carbons (Fsp3) is 0.846. The summed E-state index contributed by atoms with van der Waals surface area (Å²) in [5.74, 6) is 1.58. The molecule has 1 N–H and O–H groups in total. The molecule has 4 atom stereocenters. The lowest BCUT2D eigenvalue weighted by Crippen LogP contribution is -2.40. The minimum atomic E-state index is -0.0741. The number of allylic oxidation sites excluding steroid dienone is 1. The topological polar surface area (TPSA) is 20.2 Å². The maximum absolute atomic E-state index is 9.67. The molecule has 0 bridgehead atoms. The fourth-order valence-corrected chi connectivity index (χ4v) is 3.21. The first-order valence-corrected chi connectivity index (χ1v) is 5.91. The quantitative estimate of drug-likeness (QED) is 0.587. The average molecular weight is 194 g/mol. The third-order valence-corrected chi connectivity index (χ3v) is 4.78. The standard InChI is InChI=1S/C13H22O/c1-9-4-5-11-8-12(14)6-7-13(11,3)10(9)2/h5,9-10,12,14H,4,6-8H2,1-3H3/t9-,10-,12+,13-/m1/s1. The highest BCUT2D eigenvalue weighted by Crippen LogP contribution is 2.52. The van der Waals surface area contributed by atoms with Crippen molar-refractivity contribution in [1.82, 2.24) is 0 Å². The third-order valence-electron chi connectivity index (χ3n) is 4.78. The fourth-order valence-electron chi connectivity index (χ4n) is 3.21. The van der Waals surface area contributed by atoms with Gasteiger partial charge in [-0.25, -0.2) is 0 Å². The molecule has 1 nitrogen and oxygen atoms in total. The first-order valence-electron chi connectivity index (χ1n) is 5.91. The Morgan fingerprint density at radius 3 is 2.86 bits per heavy atom. The zero-order valence-corrected chi connectivity index (χ0v) is 9.59. The van der Waals surface area contributed by atoms with Crippen molar-refractivity contribution in [2.24, 2.45) is 17.3 Å². The Balaban J connectivity index is 2.28. The van der Waals surface area contributed by atoms with Gasteiger partial charge in [0.1, 0.15) is 0 Å². The summed E-state index contributed by atoms with van der Waals surface area (Å²) < 4.78 is 0. The molecule has 1 fully saturated rings. The molecular formula is C13H22O. The summed E-state index contributed by atoms with van der Waals surface area (Å²) in [5.41, 5.74) is 1.92. The third kappa shape index (κ3) is 1.42. The van der Waals surface area contributed by atoms with E-state index in [1.165, 1.54) is 18.4 Å². The summed E-state index contributed by atoms with van der Waals surface area (Å²) in [5, 5.41) is 9.67. The highest BCUT2D eigenvalue weighted by molar-refractivity contribution is 5.22. The number of aliphatic hydroxyl groups is 1. The number of hydrogen-bond acceptors (Lipinski definition) is 1. The maximum atomic E-state index is 9.67. The molecule has 2 aliphatic rings. The van der Waals surface area contributed by atoms with Gasteiger partial charge >= 0.3 is 0 Å². The molecule has 14 heavy (non-hydrogen) atoms. The number of fused-ring (bicyclic) bond motifs is 1. The average Bonchev–Trinajstić information content (AvgIpc) is 2.16. The van der Waals surface area contributed by atoms with E-state index in [0.29, 0.717) is 5.41 Å². The van der Waals surface area contributed by atoms with Crippen LogP contribution in [0.5, 0.6) is 0 Å². The van der Waals surface area contributed by atoms with E-state index in [2.05, 4.69) is 26.8 Å². The van der Waals surface area contributed by atoms with Crippen LogP contribution >= 0.6 is 0 Å². The lowest BCUT2D eigenvalue weighted by Gasteiger charge is -2.48. The molecule has 1 heteroatoms. The molecule has 2 aliphatic carbocycles. The van der Waals surface area contributed by atoms with Gasteiger partial charge in [-0.05, 0) is 42.9 Å². The molecule has 0 aromatic carbocycles. The summed E-state index contributed by atoms with van der Waals surface area (Å²) in [6, 6.07) is 0. The van der Waals surface area contributed by atoms with Crippen LogP contribution in [0.2, 0.25) is 0 Å². The van der Waals surface area contributed by atoms with Crippen molar-refractivity contribution in [2.75, 3.05) is 0 Å². The molecule has 0 unspecified atom stereocenters. The minimum Gasteiger partial charge on any atom is -0.393 e. The van der Waals surface area contributed by atoms with Gasteiger partial charge in [-0.2, -0.15) is 0 Å². The van der Waals surface area contributed by atoms with E-state index in [0.717, 1.165) is 24.7 Å². The number of aliphatic hydroxyl groups excluding tert-OH is 1. The Labute approximate surface area is 87.2 Å². The van der Waals surface area contributed by atoms with Crippen LogP contribution in [0.4, 0.5) is 0 Å². The van der Waals surface area contributed by atoms with Crippen LogP contribution in [0, 0.1) is 17.3 Å². The van der Waals surface area contributed by atoms with E-state index in [-0.39, 0.29) is 6.10 Å². The Hall–Kier alpha value is -0.300. The van der Waals surface area contributed by atoms with E-state index in [1.54, 1.807) is 0 Å². The Morgan fingerprint density at radius 1 is 1.43 bits per heavy atom. The molecule has 0 radical (unpaired) electrons. The Bertz CT molecular complexity index is 256. The highest BCUT2D eigenvalue weighted by Gasteiger charge is 2.42. The summed E-state index contributed by atoms with van der Waals surface area (Å²) >= 11 is 0. The van der Waals surface area contributed by atoms with Gasteiger partial charge in [-0.3, -0.25) is 0 Å². The predicted molar refractivity (Wildman–Crippen MR) is 59.0 cm³/mol. The normalized spacial score (nSPS) is 48.3. The van der Waals surface area contributed by atoms with Gasteiger partial charge in [0.15, 0.2) is 0 Å².